The third kappa shape index (κ3) is 4.01. The number of benzene rings is 3. The van der Waals surface area contributed by atoms with Crippen molar-refractivity contribution >= 4 is 51.6 Å². The van der Waals surface area contributed by atoms with Crippen molar-refractivity contribution in [2.75, 3.05) is 12.4 Å². The largest absolute Gasteiger partial charge is 0.465 e. The van der Waals surface area contributed by atoms with E-state index in [1.165, 1.54) is 7.11 Å². The number of anilines is 2. The van der Waals surface area contributed by atoms with E-state index in [4.69, 9.17) is 27.9 Å². The second-order valence-electron chi connectivity index (χ2n) is 6.23. The smallest absolute Gasteiger partial charge is 0.337 e. The first-order chi connectivity index (χ1) is 14.0. The van der Waals surface area contributed by atoms with E-state index in [9.17, 15) is 4.79 Å². The Morgan fingerprint density at radius 3 is 2.59 bits per heavy atom. The van der Waals surface area contributed by atoms with Gasteiger partial charge in [0.25, 0.3) is 0 Å². The molecule has 0 fully saturated rings. The molecule has 0 atom stereocenters. The van der Waals surface area contributed by atoms with E-state index in [-0.39, 0.29) is 0 Å². The minimum atomic E-state index is -0.408. The number of rotatable bonds is 4. The Labute approximate surface area is 177 Å². The Kier molecular flexibility index (Phi) is 5.34. The molecule has 0 spiro atoms. The highest BCUT2D eigenvalue weighted by atomic mass is 35.5. The lowest BCUT2D eigenvalue weighted by Crippen LogP contribution is -2.03. The number of carbonyl (C=O) groups is 1. The Hall–Kier alpha value is -3.15. The van der Waals surface area contributed by atoms with Crippen LogP contribution in [0.4, 0.5) is 11.5 Å². The maximum Gasteiger partial charge on any atom is 0.337 e. The number of hydrogen-bond donors (Lipinski definition) is 1. The number of halogens is 2. The topological polar surface area (TPSA) is 64.1 Å². The fourth-order valence-corrected chi connectivity index (χ4v) is 3.43. The molecule has 1 aromatic heterocycles. The fourth-order valence-electron chi connectivity index (χ4n) is 2.94. The molecule has 4 rings (SSSR count). The van der Waals surface area contributed by atoms with Crippen molar-refractivity contribution in [2.24, 2.45) is 0 Å². The summed E-state index contributed by atoms with van der Waals surface area (Å²) in [6, 6.07) is 19.9. The van der Waals surface area contributed by atoms with E-state index in [1.807, 2.05) is 30.3 Å². The van der Waals surface area contributed by atoms with Crippen LogP contribution in [0.1, 0.15) is 10.4 Å². The van der Waals surface area contributed by atoms with E-state index in [1.54, 1.807) is 36.4 Å². The van der Waals surface area contributed by atoms with E-state index in [0.29, 0.717) is 38.5 Å². The van der Waals surface area contributed by atoms with Gasteiger partial charge in [0.2, 0.25) is 0 Å². The summed E-state index contributed by atoms with van der Waals surface area (Å²) in [6.45, 7) is 0. The molecule has 3 aromatic carbocycles. The summed E-state index contributed by atoms with van der Waals surface area (Å²) in [5.74, 6) is 0.658. The molecular weight excluding hydrogens is 409 g/mol. The Morgan fingerprint density at radius 1 is 0.966 bits per heavy atom. The van der Waals surface area contributed by atoms with E-state index in [2.05, 4.69) is 15.3 Å². The second kappa shape index (κ2) is 8.07. The summed E-state index contributed by atoms with van der Waals surface area (Å²) in [4.78, 5) is 21.2. The molecule has 7 heteroatoms. The van der Waals surface area contributed by atoms with Gasteiger partial charge in [-0.15, -0.1) is 0 Å². The molecule has 0 amide bonds. The lowest BCUT2D eigenvalue weighted by Gasteiger charge is -2.12. The van der Waals surface area contributed by atoms with Crippen LogP contribution in [-0.4, -0.2) is 23.0 Å². The second-order valence-corrected chi connectivity index (χ2v) is 7.08. The molecule has 29 heavy (non-hydrogen) atoms. The number of methoxy groups -OCH3 is 1. The summed E-state index contributed by atoms with van der Waals surface area (Å²) in [5.41, 5.74) is 2.57. The Balaban J connectivity index is 1.82. The minimum Gasteiger partial charge on any atom is -0.465 e. The van der Waals surface area contributed by atoms with Crippen LogP contribution in [0.2, 0.25) is 10.0 Å². The van der Waals surface area contributed by atoms with E-state index >= 15 is 0 Å². The first kappa shape index (κ1) is 19.2. The number of carbonyl (C=O) groups excluding carboxylic acids is 1. The molecule has 144 valence electrons. The van der Waals surface area contributed by atoms with Crippen molar-refractivity contribution in [1.29, 1.82) is 0 Å². The van der Waals surface area contributed by atoms with Crippen molar-refractivity contribution < 1.29 is 9.53 Å². The average Bonchev–Trinajstić information content (AvgIpc) is 2.73. The molecule has 0 saturated heterocycles. The highest BCUT2D eigenvalue weighted by Crippen LogP contribution is 2.32. The van der Waals surface area contributed by atoms with Gasteiger partial charge in [-0.3, -0.25) is 0 Å². The highest BCUT2D eigenvalue weighted by Gasteiger charge is 2.13. The van der Waals surface area contributed by atoms with Crippen molar-refractivity contribution in [3.8, 4) is 11.4 Å². The van der Waals surface area contributed by atoms with Gasteiger partial charge in [-0.1, -0.05) is 41.4 Å². The number of fused-ring (bicyclic) bond motifs is 1. The van der Waals surface area contributed by atoms with Gasteiger partial charge >= 0.3 is 5.97 Å². The normalized spacial score (nSPS) is 10.7. The van der Waals surface area contributed by atoms with Gasteiger partial charge in [0, 0.05) is 21.7 Å². The number of hydrogen-bond acceptors (Lipinski definition) is 5. The van der Waals surface area contributed by atoms with Crippen LogP contribution in [0.15, 0.2) is 66.7 Å². The molecule has 4 aromatic rings. The van der Waals surface area contributed by atoms with Crippen LogP contribution >= 0.6 is 23.2 Å². The molecule has 0 radical (unpaired) electrons. The SMILES string of the molecule is COC(=O)c1cccc(Nc2nc(-c3ccc(Cl)cc3Cl)nc3ccccc23)c1. The van der Waals surface area contributed by atoms with Gasteiger partial charge in [0.05, 0.1) is 23.2 Å². The van der Waals surface area contributed by atoms with Gasteiger partial charge in [-0.05, 0) is 48.5 Å². The predicted molar refractivity (Wildman–Crippen MR) is 116 cm³/mol. The predicted octanol–water partition coefficient (Wildman–Crippen LogP) is 6.13. The molecule has 0 saturated carbocycles. The maximum absolute atomic E-state index is 11.8. The van der Waals surface area contributed by atoms with E-state index in [0.717, 1.165) is 10.9 Å². The van der Waals surface area contributed by atoms with Crippen LogP contribution in [-0.2, 0) is 4.74 Å². The standard InChI is InChI=1S/C22H15Cl2N3O2/c1-29-22(28)13-5-4-6-15(11-13)25-21-17-7-2-3-8-19(17)26-20(27-21)16-10-9-14(23)12-18(16)24/h2-12H,1H3,(H,25,26,27). The monoisotopic (exact) mass is 423 g/mol. The Morgan fingerprint density at radius 2 is 1.79 bits per heavy atom. The van der Waals surface area contributed by atoms with Crippen molar-refractivity contribution in [1.82, 2.24) is 9.97 Å². The zero-order valence-electron chi connectivity index (χ0n) is 15.3. The molecule has 0 aliphatic heterocycles. The van der Waals surface area contributed by atoms with Crippen LogP contribution in [0, 0.1) is 0 Å². The number of aromatic nitrogens is 2. The van der Waals surface area contributed by atoms with Crippen LogP contribution in [0.5, 0.6) is 0 Å². The first-order valence-corrected chi connectivity index (χ1v) is 9.48. The molecule has 0 aliphatic carbocycles. The number of ether oxygens (including phenoxy) is 1. The van der Waals surface area contributed by atoms with Gasteiger partial charge in [-0.25, -0.2) is 14.8 Å². The molecule has 0 bridgehead atoms. The molecule has 5 nitrogen and oxygen atoms in total. The number of nitrogens with zero attached hydrogens (tertiary/aromatic N) is 2. The first-order valence-electron chi connectivity index (χ1n) is 8.73. The zero-order valence-corrected chi connectivity index (χ0v) is 16.8. The number of esters is 1. The molecule has 1 N–H and O–H groups in total. The quantitative estimate of drug-likeness (QED) is 0.399. The lowest BCUT2D eigenvalue weighted by molar-refractivity contribution is 0.0601. The number of para-hydroxylation sites is 1. The third-order valence-corrected chi connectivity index (χ3v) is 4.87. The van der Waals surface area contributed by atoms with Crippen LogP contribution in [0.25, 0.3) is 22.3 Å². The minimum absolute atomic E-state index is 0.408. The van der Waals surface area contributed by atoms with Crippen LogP contribution in [0.3, 0.4) is 0 Å². The summed E-state index contributed by atoms with van der Waals surface area (Å²) in [7, 11) is 1.35. The highest BCUT2D eigenvalue weighted by molar-refractivity contribution is 6.36. The average molecular weight is 424 g/mol. The van der Waals surface area contributed by atoms with E-state index < -0.39 is 5.97 Å². The number of nitrogens with one attached hydrogen (secondary N) is 1. The molecule has 1 heterocycles. The summed E-state index contributed by atoms with van der Waals surface area (Å²) in [6.07, 6.45) is 0. The Bertz CT molecular complexity index is 1230. The van der Waals surface area contributed by atoms with Crippen LogP contribution < -0.4 is 5.32 Å². The lowest BCUT2D eigenvalue weighted by atomic mass is 10.1. The summed E-state index contributed by atoms with van der Waals surface area (Å²) in [5, 5.41) is 5.12. The van der Waals surface area contributed by atoms with Gasteiger partial charge in [0.1, 0.15) is 5.82 Å². The molecule has 0 aliphatic rings. The van der Waals surface area contributed by atoms with Crippen molar-refractivity contribution in [3.05, 3.63) is 82.3 Å². The van der Waals surface area contributed by atoms with Gasteiger partial charge in [-0.2, -0.15) is 0 Å². The van der Waals surface area contributed by atoms with Gasteiger partial charge in [0.15, 0.2) is 5.82 Å². The third-order valence-electron chi connectivity index (χ3n) is 4.32. The molecule has 0 unspecified atom stereocenters. The molecular formula is C22H15Cl2N3O2. The summed E-state index contributed by atoms with van der Waals surface area (Å²) < 4.78 is 4.79. The fraction of sp³-hybridized carbons (Fsp3) is 0.0455. The van der Waals surface area contributed by atoms with Gasteiger partial charge < -0.3 is 10.1 Å². The maximum atomic E-state index is 11.8. The summed E-state index contributed by atoms with van der Waals surface area (Å²) >= 11 is 12.4. The zero-order chi connectivity index (χ0) is 20.4. The van der Waals surface area contributed by atoms with Crippen molar-refractivity contribution in [3.63, 3.8) is 0 Å². The van der Waals surface area contributed by atoms with Crippen molar-refractivity contribution in [2.45, 2.75) is 0 Å².